The van der Waals surface area contributed by atoms with E-state index in [4.69, 9.17) is 4.98 Å². The molecule has 0 atom stereocenters. The molecule has 2 amide bonds. The summed E-state index contributed by atoms with van der Waals surface area (Å²) in [5, 5.41) is 3.78. The summed E-state index contributed by atoms with van der Waals surface area (Å²) in [5.74, 6) is -0.395. The smallest absolute Gasteiger partial charge is 0.321 e. The van der Waals surface area contributed by atoms with Gasteiger partial charge in [-0.2, -0.15) is 0 Å². The third-order valence-corrected chi connectivity index (χ3v) is 8.02. The molecule has 5 nitrogen and oxygen atoms in total. The van der Waals surface area contributed by atoms with Crippen molar-refractivity contribution in [3.8, 4) is 22.5 Å². The van der Waals surface area contributed by atoms with Crippen molar-refractivity contribution < 1.29 is 13.6 Å². The average molecular weight is 591 g/mol. The maximum Gasteiger partial charge on any atom is 0.321 e. The number of benzene rings is 3. The molecule has 222 valence electrons. The Kier molecular flexibility index (Phi) is 12.4. The van der Waals surface area contributed by atoms with Gasteiger partial charge in [0.15, 0.2) is 5.16 Å². The number of nitrogens with one attached hydrogen (secondary N) is 2. The van der Waals surface area contributed by atoms with Crippen LogP contribution < -0.4 is 10.2 Å². The van der Waals surface area contributed by atoms with Gasteiger partial charge >= 0.3 is 6.03 Å². The van der Waals surface area contributed by atoms with Gasteiger partial charge in [-0.05, 0) is 31.4 Å². The number of aromatic amines is 1. The molecule has 3 aromatic carbocycles. The molecule has 0 aliphatic rings. The molecule has 4 aromatic rings. The van der Waals surface area contributed by atoms with E-state index < -0.39 is 11.6 Å². The number of urea groups is 1. The molecule has 42 heavy (non-hydrogen) atoms. The molecule has 2 N–H and O–H groups in total. The van der Waals surface area contributed by atoms with E-state index in [0.29, 0.717) is 13.1 Å². The van der Waals surface area contributed by atoms with Gasteiger partial charge < -0.3 is 10.3 Å². The van der Waals surface area contributed by atoms with Gasteiger partial charge in [-0.25, -0.2) is 18.6 Å². The van der Waals surface area contributed by atoms with E-state index in [-0.39, 0.29) is 11.7 Å². The van der Waals surface area contributed by atoms with Crippen LogP contribution in [0.3, 0.4) is 0 Å². The Morgan fingerprint density at radius 1 is 0.857 bits per heavy atom. The number of carbonyl (C=O) groups excluding carboxylic acids is 1. The first-order valence-electron chi connectivity index (χ1n) is 14.9. The first-order chi connectivity index (χ1) is 20.6. The van der Waals surface area contributed by atoms with Crippen LogP contribution in [0.4, 0.5) is 19.3 Å². The normalized spacial score (nSPS) is 11.0. The second-order valence-electron chi connectivity index (χ2n) is 10.3. The van der Waals surface area contributed by atoms with E-state index >= 15 is 0 Å². The number of aromatic nitrogens is 2. The Labute approximate surface area is 252 Å². The number of rotatable bonds is 16. The third-order valence-electron chi connectivity index (χ3n) is 7.06. The minimum Gasteiger partial charge on any atom is -0.338 e. The fourth-order valence-electron chi connectivity index (χ4n) is 4.79. The van der Waals surface area contributed by atoms with Crippen LogP contribution in [0.15, 0.2) is 84.0 Å². The molecule has 0 aliphatic heterocycles. The fourth-order valence-corrected chi connectivity index (χ4v) is 5.66. The standard InChI is InChI=1S/C34H40F2N4OS/c1-2-3-22-37-34(41)40(30-21-20-28(35)25-29(30)36)23-14-6-4-5-7-15-24-42-33-38-31(26-16-10-8-11-17-26)32(39-33)27-18-12-9-13-19-27/h8-13,16-21,25H,2-7,14-15,22-24H2,1H3,(H,37,41)(H,38,39). The third kappa shape index (κ3) is 9.18. The second kappa shape index (κ2) is 16.7. The number of hydrogen-bond donors (Lipinski definition) is 2. The Morgan fingerprint density at radius 3 is 2.21 bits per heavy atom. The molecule has 1 aromatic heterocycles. The van der Waals surface area contributed by atoms with Crippen molar-refractivity contribution in [3.63, 3.8) is 0 Å². The number of amides is 2. The van der Waals surface area contributed by atoms with Crippen molar-refractivity contribution in [3.05, 3.63) is 90.5 Å². The predicted octanol–water partition coefficient (Wildman–Crippen LogP) is 9.47. The van der Waals surface area contributed by atoms with Gasteiger partial charge in [0.05, 0.1) is 17.1 Å². The number of imidazole rings is 1. The molecule has 8 heteroatoms. The second-order valence-corrected chi connectivity index (χ2v) is 11.4. The van der Waals surface area contributed by atoms with E-state index in [1.165, 1.54) is 17.0 Å². The van der Waals surface area contributed by atoms with Crippen molar-refractivity contribution in [2.45, 2.75) is 63.4 Å². The summed E-state index contributed by atoms with van der Waals surface area (Å²) >= 11 is 1.75. The monoisotopic (exact) mass is 590 g/mol. The number of unbranched alkanes of at least 4 members (excludes halogenated alkanes) is 6. The summed E-state index contributed by atoms with van der Waals surface area (Å²) < 4.78 is 27.9. The zero-order chi connectivity index (χ0) is 29.6. The first-order valence-corrected chi connectivity index (χ1v) is 15.9. The molecule has 4 rings (SSSR count). The lowest BCUT2D eigenvalue weighted by molar-refractivity contribution is 0.245. The van der Waals surface area contributed by atoms with Crippen LogP contribution in [0.25, 0.3) is 22.5 Å². The number of halogens is 2. The SMILES string of the molecule is CCCCNC(=O)N(CCCCCCCCSc1nc(-c2ccccc2)c(-c2ccccc2)[nH]1)c1ccc(F)cc1F. The van der Waals surface area contributed by atoms with E-state index in [1.54, 1.807) is 11.8 Å². The van der Waals surface area contributed by atoms with Crippen LogP contribution in [-0.2, 0) is 0 Å². The van der Waals surface area contributed by atoms with Gasteiger partial charge in [0.25, 0.3) is 0 Å². The number of anilines is 1. The van der Waals surface area contributed by atoms with Gasteiger partial charge in [0.2, 0.25) is 0 Å². The minimum absolute atomic E-state index is 0.117. The van der Waals surface area contributed by atoms with Crippen molar-refractivity contribution in [2.24, 2.45) is 0 Å². The summed E-state index contributed by atoms with van der Waals surface area (Å²) in [7, 11) is 0. The Hall–Kier alpha value is -3.65. The van der Waals surface area contributed by atoms with E-state index in [1.807, 2.05) is 43.3 Å². The summed E-state index contributed by atoms with van der Waals surface area (Å²) in [4.78, 5) is 22.6. The van der Waals surface area contributed by atoms with E-state index in [9.17, 15) is 13.6 Å². The largest absolute Gasteiger partial charge is 0.338 e. The molecular weight excluding hydrogens is 550 g/mol. The number of nitrogens with zero attached hydrogens (tertiary/aromatic N) is 2. The average Bonchev–Trinajstić information content (AvgIpc) is 3.44. The predicted molar refractivity (Wildman–Crippen MR) is 170 cm³/mol. The topological polar surface area (TPSA) is 61.0 Å². The molecule has 0 unspecified atom stereocenters. The Morgan fingerprint density at radius 2 is 1.52 bits per heavy atom. The van der Waals surface area contributed by atoms with Gasteiger partial charge in [0, 0.05) is 36.0 Å². The molecule has 0 bridgehead atoms. The van der Waals surface area contributed by atoms with Crippen molar-refractivity contribution in [1.29, 1.82) is 0 Å². The van der Waals surface area contributed by atoms with Gasteiger partial charge in [0.1, 0.15) is 11.6 Å². The Bertz CT molecular complexity index is 1320. The van der Waals surface area contributed by atoms with Crippen LogP contribution in [0, 0.1) is 11.6 Å². The molecule has 0 radical (unpaired) electrons. The summed E-state index contributed by atoms with van der Waals surface area (Å²) in [5.41, 5.74) is 4.34. The number of H-pyrrole nitrogens is 1. The summed E-state index contributed by atoms with van der Waals surface area (Å²) in [6.07, 6.45) is 7.83. The van der Waals surface area contributed by atoms with Crippen molar-refractivity contribution in [2.75, 3.05) is 23.7 Å². The van der Waals surface area contributed by atoms with Crippen LogP contribution in [0.5, 0.6) is 0 Å². The highest BCUT2D eigenvalue weighted by Gasteiger charge is 2.19. The first kappa shape index (κ1) is 31.3. The molecule has 0 saturated carbocycles. The lowest BCUT2D eigenvalue weighted by Gasteiger charge is -2.24. The fraction of sp³-hybridized carbons (Fsp3) is 0.353. The van der Waals surface area contributed by atoms with Crippen molar-refractivity contribution in [1.82, 2.24) is 15.3 Å². The zero-order valence-electron chi connectivity index (χ0n) is 24.3. The van der Waals surface area contributed by atoms with Crippen LogP contribution >= 0.6 is 11.8 Å². The van der Waals surface area contributed by atoms with Crippen LogP contribution in [0.1, 0.15) is 58.3 Å². The molecule has 0 aliphatic carbocycles. The van der Waals surface area contributed by atoms with Crippen LogP contribution in [0.2, 0.25) is 0 Å². The highest BCUT2D eigenvalue weighted by Crippen LogP contribution is 2.33. The van der Waals surface area contributed by atoms with Gasteiger partial charge in [-0.3, -0.25) is 4.90 Å². The Balaban J connectivity index is 1.21. The van der Waals surface area contributed by atoms with Gasteiger partial charge in [-0.15, -0.1) is 0 Å². The quantitative estimate of drug-likeness (QED) is 0.101. The number of carbonyl (C=O) groups is 1. The van der Waals surface area contributed by atoms with Gasteiger partial charge in [-0.1, -0.05) is 111 Å². The minimum atomic E-state index is -0.721. The maximum absolute atomic E-state index is 14.4. The number of hydrogen-bond acceptors (Lipinski definition) is 3. The van der Waals surface area contributed by atoms with Crippen molar-refractivity contribution >= 4 is 23.5 Å². The molecular formula is C34H40F2N4OS. The summed E-state index contributed by atoms with van der Waals surface area (Å²) in [6.45, 7) is 2.97. The van der Waals surface area contributed by atoms with E-state index in [0.717, 1.165) is 90.9 Å². The highest BCUT2D eigenvalue weighted by atomic mass is 32.2. The summed E-state index contributed by atoms with van der Waals surface area (Å²) in [6, 6.07) is 23.6. The van der Waals surface area contributed by atoms with E-state index in [2.05, 4.69) is 34.6 Å². The number of thioether (sulfide) groups is 1. The highest BCUT2D eigenvalue weighted by molar-refractivity contribution is 7.99. The lowest BCUT2D eigenvalue weighted by atomic mass is 10.1. The lowest BCUT2D eigenvalue weighted by Crippen LogP contribution is -2.41. The zero-order valence-corrected chi connectivity index (χ0v) is 25.1. The molecule has 0 saturated heterocycles. The molecule has 0 fully saturated rings. The molecule has 1 heterocycles. The maximum atomic E-state index is 14.4. The molecule has 0 spiro atoms. The van der Waals surface area contributed by atoms with Crippen LogP contribution in [-0.4, -0.2) is 34.8 Å².